The van der Waals surface area contributed by atoms with Crippen LogP contribution in [0.2, 0.25) is 0 Å². The van der Waals surface area contributed by atoms with E-state index in [0.29, 0.717) is 11.6 Å². The van der Waals surface area contributed by atoms with E-state index in [9.17, 15) is 13.2 Å². The molecule has 0 saturated heterocycles. The van der Waals surface area contributed by atoms with Crippen LogP contribution in [0.15, 0.2) is 42.5 Å². The van der Waals surface area contributed by atoms with Crippen molar-refractivity contribution in [3.05, 3.63) is 53.6 Å². The Bertz CT molecular complexity index is 613. The topological polar surface area (TPSA) is 26.0 Å². The third-order valence-electron chi connectivity index (χ3n) is 3.28. The molecule has 0 bridgehead atoms. The summed E-state index contributed by atoms with van der Waals surface area (Å²) >= 11 is 0. The van der Waals surface area contributed by atoms with E-state index in [0.717, 1.165) is 35.2 Å². The standard InChI is InChI=1S/C17H18F3N/c1-11(2)9-13-10-15(21)7-8-16(13)12-3-5-14(6-4-12)17(18,19)20/h3-8,10-11H,9,21H2,1-2H3. The minimum Gasteiger partial charge on any atom is -0.399 e. The van der Waals surface area contributed by atoms with Crippen LogP contribution in [0, 0.1) is 5.92 Å². The molecule has 0 aliphatic carbocycles. The number of rotatable bonds is 3. The molecule has 0 spiro atoms. The fourth-order valence-corrected chi connectivity index (χ4v) is 2.34. The van der Waals surface area contributed by atoms with Gasteiger partial charge in [-0.2, -0.15) is 13.2 Å². The number of halogens is 3. The summed E-state index contributed by atoms with van der Waals surface area (Å²) in [4.78, 5) is 0. The summed E-state index contributed by atoms with van der Waals surface area (Å²) in [7, 11) is 0. The Morgan fingerprint density at radius 3 is 2.14 bits per heavy atom. The normalized spacial score (nSPS) is 11.9. The minimum absolute atomic E-state index is 0.444. The van der Waals surface area contributed by atoms with E-state index in [-0.39, 0.29) is 0 Å². The number of nitrogen functional groups attached to an aromatic ring is 1. The molecule has 1 nitrogen and oxygen atoms in total. The SMILES string of the molecule is CC(C)Cc1cc(N)ccc1-c1ccc(C(F)(F)F)cc1. The van der Waals surface area contributed by atoms with Crippen molar-refractivity contribution in [1.82, 2.24) is 0 Å². The molecular formula is C17H18F3N. The first kappa shape index (κ1) is 15.4. The van der Waals surface area contributed by atoms with Crippen molar-refractivity contribution >= 4 is 5.69 Å². The lowest BCUT2D eigenvalue weighted by Crippen LogP contribution is -2.04. The van der Waals surface area contributed by atoms with Crippen LogP contribution in [-0.4, -0.2) is 0 Å². The maximum absolute atomic E-state index is 12.6. The Labute approximate surface area is 122 Å². The molecule has 0 heterocycles. The van der Waals surface area contributed by atoms with Crippen LogP contribution in [0.25, 0.3) is 11.1 Å². The predicted molar refractivity (Wildman–Crippen MR) is 79.8 cm³/mol. The van der Waals surface area contributed by atoms with Gasteiger partial charge in [0.05, 0.1) is 5.56 Å². The van der Waals surface area contributed by atoms with Gasteiger partial charge in [-0.25, -0.2) is 0 Å². The fourth-order valence-electron chi connectivity index (χ4n) is 2.34. The molecule has 0 unspecified atom stereocenters. The van der Waals surface area contributed by atoms with Crippen molar-refractivity contribution in [2.45, 2.75) is 26.4 Å². The summed E-state index contributed by atoms with van der Waals surface area (Å²) in [6.07, 6.45) is -3.47. The predicted octanol–water partition coefficient (Wildman–Crippen LogP) is 5.15. The minimum atomic E-state index is -4.31. The number of alkyl halides is 3. The average Bonchev–Trinajstić information content (AvgIpc) is 2.37. The quantitative estimate of drug-likeness (QED) is 0.778. The van der Waals surface area contributed by atoms with Gasteiger partial charge in [-0.3, -0.25) is 0 Å². The molecule has 2 rings (SSSR count). The summed E-state index contributed by atoms with van der Waals surface area (Å²) in [5.74, 6) is 0.444. The van der Waals surface area contributed by atoms with Gasteiger partial charge < -0.3 is 5.73 Å². The molecule has 0 amide bonds. The van der Waals surface area contributed by atoms with Crippen molar-refractivity contribution in [1.29, 1.82) is 0 Å². The van der Waals surface area contributed by atoms with Crippen LogP contribution in [0.5, 0.6) is 0 Å². The Kier molecular flexibility index (Phi) is 4.26. The van der Waals surface area contributed by atoms with E-state index >= 15 is 0 Å². The van der Waals surface area contributed by atoms with Gasteiger partial charge in [0.1, 0.15) is 0 Å². The summed E-state index contributed by atoms with van der Waals surface area (Å²) in [5, 5.41) is 0. The first-order chi connectivity index (χ1) is 9.77. The molecule has 0 atom stereocenters. The van der Waals surface area contributed by atoms with E-state index < -0.39 is 11.7 Å². The number of anilines is 1. The molecule has 0 aliphatic rings. The number of nitrogens with two attached hydrogens (primary N) is 1. The first-order valence-corrected chi connectivity index (χ1v) is 6.83. The summed E-state index contributed by atoms with van der Waals surface area (Å²) in [6.45, 7) is 4.19. The van der Waals surface area contributed by atoms with E-state index in [4.69, 9.17) is 5.73 Å². The van der Waals surface area contributed by atoms with Crippen molar-refractivity contribution in [2.75, 3.05) is 5.73 Å². The second kappa shape index (κ2) is 5.80. The second-order valence-electron chi connectivity index (χ2n) is 5.59. The van der Waals surface area contributed by atoms with Gasteiger partial charge in [0.25, 0.3) is 0 Å². The number of hydrogen-bond acceptors (Lipinski definition) is 1. The molecule has 4 heteroatoms. The third kappa shape index (κ3) is 3.78. The van der Waals surface area contributed by atoms with Gasteiger partial charge in [-0.15, -0.1) is 0 Å². The Morgan fingerprint density at radius 1 is 1.00 bits per heavy atom. The second-order valence-corrected chi connectivity index (χ2v) is 5.59. The van der Waals surface area contributed by atoms with Crippen LogP contribution in [0.4, 0.5) is 18.9 Å². The lowest BCUT2D eigenvalue weighted by atomic mass is 9.93. The zero-order valence-electron chi connectivity index (χ0n) is 12.0. The highest BCUT2D eigenvalue weighted by Crippen LogP contribution is 2.32. The van der Waals surface area contributed by atoms with E-state index in [1.807, 2.05) is 12.1 Å². The van der Waals surface area contributed by atoms with Crippen LogP contribution in [0.1, 0.15) is 25.0 Å². The summed E-state index contributed by atoms with van der Waals surface area (Å²) < 4.78 is 37.8. The van der Waals surface area contributed by atoms with Gasteiger partial charge in [0.2, 0.25) is 0 Å². The largest absolute Gasteiger partial charge is 0.416 e. The zero-order valence-corrected chi connectivity index (χ0v) is 12.0. The van der Waals surface area contributed by atoms with Crippen LogP contribution in [0.3, 0.4) is 0 Å². The van der Waals surface area contributed by atoms with Gasteiger partial charge in [-0.05, 0) is 53.3 Å². The summed E-state index contributed by atoms with van der Waals surface area (Å²) in [5.41, 5.74) is 8.62. The van der Waals surface area contributed by atoms with Crippen molar-refractivity contribution in [3.63, 3.8) is 0 Å². The molecule has 2 N–H and O–H groups in total. The monoisotopic (exact) mass is 293 g/mol. The van der Waals surface area contributed by atoms with Gasteiger partial charge in [-0.1, -0.05) is 32.0 Å². The van der Waals surface area contributed by atoms with E-state index in [2.05, 4.69) is 13.8 Å². The number of benzene rings is 2. The maximum atomic E-state index is 12.6. The van der Waals surface area contributed by atoms with Crippen LogP contribution < -0.4 is 5.73 Å². The smallest absolute Gasteiger partial charge is 0.399 e. The highest BCUT2D eigenvalue weighted by molar-refractivity contribution is 5.70. The molecule has 0 radical (unpaired) electrons. The fraction of sp³-hybridized carbons (Fsp3) is 0.294. The molecular weight excluding hydrogens is 275 g/mol. The highest BCUT2D eigenvalue weighted by Gasteiger charge is 2.30. The molecule has 2 aromatic rings. The Morgan fingerprint density at radius 2 is 1.62 bits per heavy atom. The maximum Gasteiger partial charge on any atom is 0.416 e. The molecule has 0 fully saturated rings. The van der Waals surface area contributed by atoms with Gasteiger partial charge in [0, 0.05) is 5.69 Å². The molecule has 0 aromatic heterocycles. The van der Waals surface area contributed by atoms with Crippen molar-refractivity contribution in [3.8, 4) is 11.1 Å². The lowest BCUT2D eigenvalue weighted by Gasteiger charge is -2.14. The van der Waals surface area contributed by atoms with Gasteiger partial charge >= 0.3 is 6.18 Å². The molecule has 112 valence electrons. The highest BCUT2D eigenvalue weighted by atomic mass is 19.4. The Balaban J connectivity index is 2.42. The van der Waals surface area contributed by atoms with Crippen molar-refractivity contribution in [2.24, 2.45) is 5.92 Å². The Hall–Kier alpha value is -1.97. The van der Waals surface area contributed by atoms with Gasteiger partial charge in [0.15, 0.2) is 0 Å². The lowest BCUT2D eigenvalue weighted by molar-refractivity contribution is -0.137. The number of hydrogen-bond donors (Lipinski definition) is 1. The summed E-state index contributed by atoms with van der Waals surface area (Å²) in [6, 6.07) is 10.8. The zero-order chi connectivity index (χ0) is 15.6. The van der Waals surface area contributed by atoms with E-state index in [1.54, 1.807) is 6.07 Å². The third-order valence-corrected chi connectivity index (χ3v) is 3.28. The molecule has 2 aromatic carbocycles. The molecule has 0 aliphatic heterocycles. The molecule has 0 saturated carbocycles. The van der Waals surface area contributed by atoms with Crippen molar-refractivity contribution < 1.29 is 13.2 Å². The average molecular weight is 293 g/mol. The van der Waals surface area contributed by atoms with E-state index in [1.165, 1.54) is 12.1 Å². The van der Waals surface area contributed by atoms with Crippen LogP contribution >= 0.6 is 0 Å². The first-order valence-electron chi connectivity index (χ1n) is 6.83. The molecule has 21 heavy (non-hydrogen) atoms. The van der Waals surface area contributed by atoms with Crippen LogP contribution in [-0.2, 0) is 12.6 Å².